The number of nitrogens with zero attached hydrogens (tertiary/aromatic N) is 3. The van der Waals surface area contributed by atoms with Crippen LogP contribution in [0.3, 0.4) is 0 Å². The van der Waals surface area contributed by atoms with Crippen molar-refractivity contribution in [2.75, 3.05) is 22.9 Å². The summed E-state index contributed by atoms with van der Waals surface area (Å²) in [6.45, 7) is 3.12. The van der Waals surface area contributed by atoms with Gasteiger partial charge >= 0.3 is 0 Å². The number of likely N-dealkylation sites (N-methyl/N-ethyl adjacent to an activating group) is 1. The van der Waals surface area contributed by atoms with Gasteiger partial charge in [-0.3, -0.25) is 19.3 Å². The molecule has 2 aromatic carbocycles. The fourth-order valence-electron chi connectivity index (χ4n) is 6.55. The molecule has 3 saturated heterocycles. The molecular formula is C24H21Cl2N3O3. The molecule has 8 heteroatoms. The zero-order chi connectivity index (χ0) is 22.4. The van der Waals surface area contributed by atoms with Crippen LogP contribution in [-0.2, 0) is 19.9 Å². The van der Waals surface area contributed by atoms with E-state index >= 15 is 0 Å². The van der Waals surface area contributed by atoms with Crippen LogP contribution in [0.2, 0.25) is 10.0 Å². The quantitative estimate of drug-likeness (QED) is 0.626. The highest BCUT2D eigenvalue weighted by molar-refractivity contribution is 6.38. The third kappa shape index (κ3) is 2.23. The van der Waals surface area contributed by atoms with E-state index in [-0.39, 0.29) is 34.5 Å². The number of imide groups is 1. The molecule has 0 aromatic heterocycles. The van der Waals surface area contributed by atoms with Crippen LogP contribution in [0.5, 0.6) is 0 Å². The number of anilines is 2. The summed E-state index contributed by atoms with van der Waals surface area (Å²) in [5.74, 6) is -2.16. The lowest BCUT2D eigenvalue weighted by Crippen LogP contribution is -2.56. The average molecular weight is 470 g/mol. The Morgan fingerprint density at radius 3 is 2.59 bits per heavy atom. The summed E-state index contributed by atoms with van der Waals surface area (Å²) in [5.41, 5.74) is 0.775. The molecule has 4 unspecified atom stereocenters. The maximum atomic E-state index is 14.1. The minimum atomic E-state index is -1.16. The first-order valence-electron chi connectivity index (χ1n) is 10.9. The number of carbonyl (C=O) groups is 3. The molecule has 2 aromatic rings. The van der Waals surface area contributed by atoms with E-state index in [0.717, 1.165) is 24.1 Å². The Balaban J connectivity index is 1.58. The summed E-state index contributed by atoms with van der Waals surface area (Å²) >= 11 is 12.6. The molecule has 164 valence electrons. The van der Waals surface area contributed by atoms with Gasteiger partial charge in [0.05, 0.1) is 22.5 Å². The van der Waals surface area contributed by atoms with Crippen molar-refractivity contribution in [2.24, 2.45) is 11.8 Å². The predicted molar refractivity (Wildman–Crippen MR) is 122 cm³/mol. The molecule has 4 aliphatic heterocycles. The monoisotopic (exact) mass is 469 g/mol. The Bertz CT molecular complexity index is 1200. The maximum absolute atomic E-state index is 14.1. The van der Waals surface area contributed by atoms with Crippen molar-refractivity contribution >= 4 is 52.3 Å². The van der Waals surface area contributed by atoms with Gasteiger partial charge in [-0.25, -0.2) is 4.90 Å². The molecule has 0 N–H and O–H groups in total. The van der Waals surface area contributed by atoms with Crippen molar-refractivity contribution in [1.82, 2.24) is 4.90 Å². The maximum Gasteiger partial charge on any atom is 0.253 e. The molecule has 6 nitrogen and oxygen atoms in total. The molecule has 0 bridgehead atoms. The molecule has 0 radical (unpaired) electrons. The van der Waals surface area contributed by atoms with Crippen molar-refractivity contribution in [3.63, 3.8) is 0 Å². The molecule has 32 heavy (non-hydrogen) atoms. The number of carbonyl (C=O) groups excluding carboxylic acids is 3. The second kappa shape index (κ2) is 6.80. The van der Waals surface area contributed by atoms with Crippen LogP contribution >= 0.6 is 23.2 Å². The smallest absolute Gasteiger partial charge is 0.253 e. The highest BCUT2D eigenvalue weighted by Gasteiger charge is 2.75. The first-order chi connectivity index (χ1) is 15.4. The Morgan fingerprint density at radius 2 is 1.81 bits per heavy atom. The molecule has 4 atom stereocenters. The van der Waals surface area contributed by atoms with Crippen LogP contribution < -0.4 is 9.80 Å². The summed E-state index contributed by atoms with van der Waals surface area (Å²) in [7, 11) is 0. The van der Waals surface area contributed by atoms with Crippen LogP contribution in [0.4, 0.5) is 11.4 Å². The van der Waals surface area contributed by atoms with Gasteiger partial charge in [0.2, 0.25) is 11.8 Å². The normalized spacial score (nSPS) is 31.1. The first-order valence-corrected chi connectivity index (χ1v) is 11.7. The summed E-state index contributed by atoms with van der Waals surface area (Å²) in [5, 5.41) is 0.667. The van der Waals surface area contributed by atoms with Gasteiger partial charge < -0.3 is 4.90 Å². The van der Waals surface area contributed by atoms with Crippen molar-refractivity contribution in [3.05, 3.63) is 58.1 Å². The molecule has 0 saturated carbocycles. The largest absolute Gasteiger partial charge is 0.310 e. The highest BCUT2D eigenvalue weighted by Crippen LogP contribution is 2.62. The lowest BCUT2D eigenvalue weighted by Gasteiger charge is -2.37. The average Bonchev–Trinajstić information content (AvgIpc) is 3.48. The molecule has 4 heterocycles. The number of hydrogen-bond donors (Lipinski definition) is 0. The Hall–Kier alpha value is -2.41. The van der Waals surface area contributed by atoms with Crippen molar-refractivity contribution in [1.29, 1.82) is 0 Å². The lowest BCUT2D eigenvalue weighted by atomic mass is 9.75. The minimum absolute atomic E-state index is 0.110. The minimum Gasteiger partial charge on any atom is -0.310 e. The van der Waals surface area contributed by atoms with Gasteiger partial charge in [-0.1, -0.05) is 41.4 Å². The Labute approximate surface area is 195 Å². The third-order valence-corrected chi connectivity index (χ3v) is 8.16. The molecule has 1 spiro atoms. The van der Waals surface area contributed by atoms with Gasteiger partial charge in [-0.15, -0.1) is 0 Å². The van der Waals surface area contributed by atoms with Crippen LogP contribution in [0, 0.1) is 11.8 Å². The van der Waals surface area contributed by atoms with E-state index in [1.807, 2.05) is 31.2 Å². The number of amides is 3. The number of benzene rings is 2. The summed E-state index contributed by atoms with van der Waals surface area (Å²) in [4.78, 5) is 46.9. The Kier molecular flexibility index (Phi) is 4.29. The second-order valence-electron chi connectivity index (χ2n) is 8.85. The fraction of sp³-hybridized carbons (Fsp3) is 0.375. The molecule has 4 aliphatic rings. The topological polar surface area (TPSA) is 60.9 Å². The van der Waals surface area contributed by atoms with Crippen LogP contribution in [0.25, 0.3) is 0 Å². The molecule has 0 aliphatic carbocycles. The second-order valence-corrected chi connectivity index (χ2v) is 9.69. The standard InChI is InChI=1S/C24H21Cl2N3O3/c1-2-27-16-7-4-3-6-14(16)24(23(27)32)20-19(17-8-5-11-28(17)24)21(30)29(22(20)31)18-12-13(25)9-10-15(18)26/h3-4,6-7,9-10,12,17,19-20H,2,5,8,11H2,1H3. The van der Waals surface area contributed by atoms with Gasteiger partial charge in [0.1, 0.15) is 5.54 Å². The summed E-state index contributed by atoms with van der Waals surface area (Å²) in [6, 6.07) is 12.3. The van der Waals surface area contributed by atoms with E-state index < -0.39 is 17.4 Å². The van der Waals surface area contributed by atoms with Gasteiger partial charge in [0, 0.05) is 28.9 Å². The van der Waals surface area contributed by atoms with E-state index in [0.29, 0.717) is 18.1 Å². The molecule has 6 rings (SSSR count). The summed E-state index contributed by atoms with van der Waals surface area (Å²) in [6.07, 6.45) is 1.66. The molecule has 3 fully saturated rings. The third-order valence-electron chi connectivity index (χ3n) is 7.61. The Morgan fingerprint density at radius 1 is 1.03 bits per heavy atom. The summed E-state index contributed by atoms with van der Waals surface area (Å²) < 4.78 is 0. The number of hydrogen-bond acceptors (Lipinski definition) is 4. The van der Waals surface area contributed by atoms with Crippen molar-refractivity contribution in [2.45, 2.75) is 31.3 Å². The number of halogens is 2. The van der Waals surface area contributed by atoms with Crippen LogP contribution in [0.15, 0.2) is 42.5 Å². The van der Waals surface area contributed by atoms with Gasteiger partial charge in [-0.05, 0) is 50.6 Å². The van der Waals surface area contributed by atoms with Gasteiger partial charge in [0.25, 0.3) is 5.91 Å². The van der Waals surface area contributed by atoms with Gasteiger partial charge in [-0.2, -0.15) is 0 Å². The lowest BCUT2D eigenvalue weighted by molar-refractivity contribution is -0.137. The van der Waals surface area contributed by atoms with Crippen LogP contribution in [0.1, 0.15) is 25.3 Å². The fourth-order valence-corrected chi connectivity index (χ4v) is 6.92. The van der Waals surface area contributed by atoms with Crippen molar-refractivity contribution in [3.8, 4) is 0 Å². The van der Waals surface area contributed by atoms with E-state index in [9.17, 15) is 14.4 Å². The van der Waals surface area contributed by atoms with E-state index in [2.05, 4.69) is 4.90 Å². The first kappa shape index (κ1) is 20.2. The van der Waals surface area contributed by atoms with E-state index in [1.165, 1.54) is 4.90 Å². The van der Waals surface area contributed by atoms with Crippen LogP contribution in [-0.4, -0.2) is 41.8 Å². The molecule has 3 amide bonds. The number of fused-ring (bicyclic) bond motifs is 7. The highest BCUT2D eigenvalue weighted by atomic mass is 35.5. The number of para-hydroxylation sites is 1. The predicted octanol–water partition coefficient (Wildman–Crippen LogP) is 3.84. The van der Waals surface area contributed by atoms with Gasteiger partial charge in [0.15, 0.2) is 0 Å². The number of rotatable bonds is 2. The SMILES string of the molecule is CCN1C(=O)C2(c3ccccc31)C1C(=O)N(c3cc(Cl)ccc3Cl)C(=O)C1C1CCCN12. The molecular weight excluding hydrogens is 449 g/mol. The van der Waals surface area contributed by atoms with E-state index in [1.54, 1.807) is 23.1 Å². The van der Waals surface area contributed by atoms with E-state index in [4.69, 9.17) is 23.2 Å². The van der Waals surface area contributed by atoms with Crippen molar-refractivity contribution < 1.29 is 14.4 Å². The zero-order valence-corrected chi connectivity index (χ0v) is 18.9. The zero-order valence-electron chi connectivity index (χ0n) is 17.4.